The Morgan fingerprint density at radius 2 is 2.00 bits per heavy atom. The van der Waals surface area contributed by atoms with Crippen molar-refractivity contribution in [2.24, 2.45) is 0 Å². The van der Waals surface area contributed by atoms with Crippen molar-refractivity contribution in [3.63, 3.8) is 0 Å². The lowest BCUT2D eigenvalue weighted by atomic mass is 10.2. The molecule has 28 heavy (non-hydrogen) atoms. The minimum absolute atomic E-state index is 0.0503. The molecule has 1 amide bonds. The Bertz CT molecular complexity index is 990. The van der Waals surface area contributed by atoms with Gasteiger partial charge in [-0.25, -0.2) is 0 Å². The van der Waals surface area contributed by atoms with Gasteiger partial charge in [-0.3, -0.25) is 9.36 Å². The number of hydrogen-bond acceptors (Lipinski definition) is 4. The van der Waals surface area contributed by atoms with Gasteiger partial charge in [0.2, 0.25) is 5.91 Å². The van der Waals surface area contributed by atoms with Crippen LogP contribution in [0.4, 0.5) is 0 Å². The number of amides is 1. The topological polar surface area (TPSA) is 59.8 Å². The summed E-state index contributed by atoms with van der Waals surface area (Å²) in [4.78, 5) is 11.7. The summed E-state index contributed by atoms with van der Waals surface area (Å²) in [6, 6.07) is 13.6. The van der Waals surface area contributed by atoms with Gasteiger partial charge in [0.05, 0.1) is 17.3 Å². The monoisotopic (exact) mass is 434 g/mol. The maximum atomic E-state index is 11.7. The van der Waals surface area contributed by atoms with Gasteiger partial charge in [0.1, 0.15) is 0 Å². The molecule has 1 heterocycles. The number of halogens is 2. The lowest BCUT2D eigenvalue weighted by Gasteiger charge is -2.13. The first-order valence-electron chi connectivity index (χ1n) is 8.82. The highest BCUT2D eigenvalue weighted by Gasteiger charge is 2.17. The molecular weight excluding hydrogens is 415 g/mol. The molecule has 0 saturated carbocycles. The van der Waals surface area contributed by atoms with E-state index in [1.54, 1.807) is 30.8 Å². The number of hydrogen-bond donors (Lipinski definition) is 1. The molecule has 0 unspecified atom stereocenters. The normalized spacial score (nSPS) is 10.9. The molecule has 0 aliphatic carbocycles. The van der Waals surface area contributed by atoms with Crippen LogP contribution in [0.3, 0.4) is 0 Å². The summed E-state index contributed by atoms with van der Waals surface area (Å²) in [5.74, 6) is 1.30. The van der Waals surface area contributed by atoms with Crippen molar-refractivity contribution in [3.8, 4) is 5.69 Å². The molecule has 0 aliphatic rings. The largest absolute Gasteiger partial charge is 0.349 e. The number of carbonyl (C=O) groups is 1. The molecule has 0 spiro atoms. The first kappa shape index (κ1) is 20.7. The third-order valence-electron chi connectivity index (χ3n) is 4.07. The summed E-state index contributed by atoms with van der Waals surface area (Å²) < 4.78 is 1.87. The number of aromatic nitrogens is 3. The summed E-state index contributed by atoms with van der Waals surface area (Å²) >= 11 is 14.0. The molecule has 2 aromatic carbocycles. The van der Waals surface area contributed by atoms with E-state index in [4.69, 9.17) is 23.2 Å². The van der Waals surface area contributed by atoms with Crippen molar-refractivity contribution in [1.82, 2.24) is 20.1 Å². The van der Waals surface area contributed by atoms with Crippen LogP contribution in [0.1, 0.15) is 30.3 Å². The van der Waals surface area contributed by atoms with Crippen LogP contribution in [0.2, 0.25) is 10.0 Å². The highest BCUT2D eigenvalue weighted by Crippen LogP contribution is 2.30. The van der Waals surface area contributed by atoms with Crippen LogP contribution >= 0.6 is 35.0 Å². The summed E-state index contributed by atoms with van der Waals surface area (Å²) in [5, 5.41) is 13.2. The maximum absolute atomic E-state index is 11.7. The average molecular weight is 435 g/mol. The number of carbonyl (C=O) groups excluding carboxylic acids is 1. The first-order chi connectivity index (χ1) is 13.5. The average Bonchev–Trinajstić information content (AvgIpc) is 3.07. The molecule has 0 atom stereocenters. The number of rotatable bonds is 7. The minimum atomic E-state index is -0.0503. The van der Waals surface area contributed by atoms with Gasteiger partial charge >= 0.3 is 0 Å². The highest BCUT2D eigenvalue weighted by molar-refractivity contribution is 7.98. The molecule has 1 N–H and O–H groups in total. The van der Waals surface area contributed by atoms with Gasteiger partial charge in [0.15, 0.2) is 11.0 Å². The Kier molecular flexibility index (Phi) is 6.99. The fourth-order valence-corrected chi connectivity index (χ4v) is 4.07. The number of nitrogens with one attached hydrogen (secondary N) is 1. The lowest BCUT2D eigenvalue weighted by molar-refractivity contribution is -0.120. The van der Waals surface area contributed by atoms with Gasteiger partial charge in [-0.15, -0.1) is 10.2 Å². The molecule has 0 bridgehead atoms. The van der Waals surface area contributed by atoms with Crippen molar-refractivity contribution in [2.75, 3.05) is 0 Å². The van der Waals surface area contributed by atoms with Crippen molar-refractivity contribution >= 4 is 40.9 Å². The van der Waals surface area contributed by atoms with Gasteiger partial charge in [-0.2, -0.15) is 0 Å². The van der Waals surface area contributed by atoms with Crippen molar-refractivity contribution < 1.29 is 4.79 Å². The van der Waals surface area contributed by atoms with Crippen molar-refractivity contribution in [2.45, 2.75) is 37.7 Å². The van der Waals surface area contributed by atoms with Crippen LogP contribution in [0, 0.1) is 6.92 Å². The standard InChI is InChI=1S/C20H20Cl2N4OS/c1-3-19(27)23-11-18-24-25-20(28-12-14-6-4-5-13(2)9-14)26(18)17-8-7-15(21)10-16(17)22/h4-10H,3,11-12H2,1-2H3,(H,23,27). The van der Waals surface area contributed by atoms with E-state index in [-0.39, 0.29) is 12.5 Å². The van der Waals surface area contributed by atoms with Gasteiger partial charge in [0, 0.05) is 17.2 Å². The molecule has 0 aliphatic heterocycles. The molecule has 0 fully saturated rings. The molecule has 5 nitrogen and oxygen atoms in total. The zero-order chi connectivity index (χ0) is 20.1. The summed E-state index contributed by atoms with van der Waals surface area (Å²) in [7, 11) is 0. The minimum Gasteiger partial charge on any atom is -0.349 e. The van der Waals surface area contributed by atoms with Gasteiger partial charge in [0.25, 0.3) is 0 Å². The molecule has 0 radical (unpaired) electrons. The quantitative estimate of drug-likeness (QED) is 0.518. The number of thioether (sulfide) groups is 1. The second-order valence-corrected chi connectivity index (χ2v) is 8.02. The van der Waals surface area contributed by atoms with Crippen LogP contribution in [-0.2, 0) is 17.1 Å². The third kappa shape index (κ3) is 5.07. The lowest BCUT2D eigenvalue weighted by Crippen LogP contribution is -2.23. The van der Waals surface area contributed by atoms with E-state index in [0.717, 1.165) is 11.4 Å². The molecule has 3 rings (SSSR count). The van der Waals surface area contributed by atoms with E-state index in [1.807, 2.05) is 16.7 Å². The number of aryl methyl sites for hydroxylation is 1. The van der Waals surface area contributed by atoms with Crippen LogP contribution in [0.5, 0.6) is 0 Å². The Morgan fingerprint density at radius 3 is 2.71 bits per heavy atom. The van der Waals surface area contributed by atoms with Crippen LogP contribution in [-0.4, -0.2) is 20.7 Å². The molecular formula is C20H20Cl2N4OS. The van der Waals surface area contributed by atoms with Crippen molar-refractivity contribution in [1.29, 1.82) is 0 Å². The van der Waals surface area contributed by atoms with E-state index >= 15 is 0 Å². The van der Waals surface area contributed by atoms with Gasteiger partial charge in [-0.05, 0) is 30.7 Å². The Hall–Kier alpha value is -2.02. The summed E-state index contributed by atoms with van der Waals surface area (Å²) in [5.41, 5.74) is 3.13. The van der Waals surface area contributed by atoms with Crippen LogP contribution < -0.4 is 5.32 Å². The number of nitrogens with zero attached hydrogens (tertiary/aromatic N) is 3. The van der Waals surface area contributed by atoms with Crippen LogP contribution in [0.15, 0.2) is 47.6 Å². The van der Waals surface area contributed by atoms with E-state index < -0.39 is 0 Å². The fourth-order valence-electron chi connectivity index (χ4n) is 2.67. The Labute approximate surface area is 178 Å². The van der Waals surface area contributed by atoms with E-state index in [0.29, 0.717) is 27.4 Å². The maximum Gasteiger partial charge on any atom is 0.220 e. The SMILES string of the molecule is CCC(=O)NCc1nnc(SCc2cccc(C)c2)n1-c1ccc(Cl)cc1Cl. The predicted molar refractivity (Wildman–Crippen MR) is 114 cm³/mol. The second kappa shape index (κ2) is 9.45. The van der Waals surface area contributed by atoms with Gasteiger partial charge in [-0.1, -0.05) is 71.7 Å². The third-order valence-corrected chi connectivity index (χ3v) is 5.60. The molecule has 0 saturated heterocycles. The molecule has 146 valence electrons. The second-order valence-electron chi connectivity index (χ2n) is 6.24. The number of benzene rings is 2. The highest BCUT2D eigenvalue weighted by atomic mass is 35.5. The first-order valence-corrected chi connectivity index (χ1v) is 10.6. The molecule has 8 heteroatoms. The smallest absolute Gasteiger partial charge is 0.220 e. The molecule has 1 aromatic heterocycles. The Balaban J connectivity index is 1.92. The zero-order valence-corrected chi connectivity index (χ0v) is 17.9. The fraction of sp³-hybridized carbons (Fsp3) is 0.250. The summed E-state index contributed by atoms with van der Waals surface area (Å²) in [6.45, 7) is 4.14. The molecule has 3 aromatic rings. The van der Waals surface area contributed by atoms with E-state index in [1.165, 1.54) is 11.1 Å². The van der Waals surface area contributed by atoms with Crippen molar-refractivity contribution in [3.05, 3.63) is 69.5 Å². The predicted octanol–water partition coefficient (Wildman–Crippen LogP) is 5.20. The van der Waals surface area contributed by atoms with Crippen LogP contribution in [0.25, 0.3) is 5.69 Å². The summed E-state index contributed by atoms with van der Waals surface area (Å²) in [6.07, 6.45) is 0.408. The van der Waals surface area contributed by atoms with Gasteiger partial charge < -0.3 is 5.32 Å². The van der Waals surface area contributed by atoms with E-state index in [9.17, 15) is 4.79 Å². The zero-order valence-electron chi connectivity index (χ0n) is 15.6. The van der Waals surface area contributed by atoms with E-state index in [2.05, 4.69) is 40.6 Å². The Morgan fingerprint density at radius 1 is 1.18 bits per heavy atom.